The van der Waals surface area contributed by atoms with Gasteiger partial charge in [-0.1, -0.05) is 51.5 Å². The van der Waals surface area contributed by atoms with E-state index < -0.39 is 0 Å². The molecule has 4 aromatic rings. The lowest BCUT2D eigenvalue weighted by atomic mass is 9.79. The van der Waals surface area contributed by atoms with E-state index in [0.717, 1.165) is 29.8 Å². The largest absolute Gasteiger partial charge is 0.449 e. The molecule has 36 heavy (non-hydrogen) atoms. The van der Waals surface area contributed by atoms with Gasteiger partial charge in [-0.3, -0.25) is 0 Å². The van der Waals surface area contributed by atoms with Crippen molar-refractivity contribution < 1.29 is 9.30 Å². The number of rotatable bonds is 2. The third-order valence-corrected chi connectivity index (χ3v) is 9.42. The van der Waals surface area contributed by atoms with Gasteiger partial charge in [0.05, 0.1) is 10.9 Å². The quantitative estimate of drug-likeness (QED) is 0.232. The van der Waals surface area contributed by atoms with Gasteiger partial charge in [0.1, 0.15) is 12.8 Å². The minimum atomic E-state index is 0.229. The predicted molar refractivity (Wildman–Crippen MR) is 149 cm³/mol. The molecule has 0 N–H and O–H groups in total. The monoisotopic (exact) mass is 476 g/mol. The number of hydrogen-bond acceptors (Lipinski definition) is 1. The molecule has 0 amide bonds. The molecular formula is C34H38NO+. The summed E-state index contributed by atoms with van der Waals surface area (Å²) in [5.74, 6) is 4.47. The second kappa shape index (κ2) is 7.57. The van der Waals surface area contributed by atoms with Gasteiger partial charge >= 0.3 is 0 Å². The van der Waals surface area contributed by atoms with E-state index in [1.807, 2.05) is 0 Å². The summed E-state index contributed by atoms with van der Waals surface area (Å²) in [7, 11) is 2.24. The second-order valence-electron chi connectivity index (χ2n) is 13.2. The highest BCUT2D eigenvalue weighted by Crippen LogP contribution is 2.59. The summed E-state index contributed by atoms with van der Waals surface area (Å²) in [5, 5.41) is 3.98. The second-order valence-corrected chi connectivity index (χ2v) is 13.2. The number of aryl methyl sites for hydroxylation is 2. The molecule has 184 valence electrons. The molecule has 2 saturated carbocycles. The van der Waals surface area contributed by atoms with Crippen molar-refractivity contribution >= 4 is 21.7 Å². The lowest BCUT2D eigenvalue weighted by molar-refractivity contribution is -0.633. The van der Waals surface area contributed by atoms with Crippen LogP contribution in [0.15, 0.2) is 42.5 Å². The Balaban J connectivity index is 1.58. The van der Waals surface area contributed by atoms with Crippen LogP contribution in [0.2, 0.25) is 0 Å². The number of aromatic nitrogens is 1. The average Bonchev–Trinajstić information content (AvgIpc) is 3.45. The van der Waals surface area contributed by atoms with Gasteiger partial charge < -0.3 is 4.74 Å². The summed E-state index contributed by atoms with van der Waals surface area (Å²) in [5.41, 5.74) is 9.78. The van der Waals surface area contributed by atoms with Crippen molar-refractivity contribution in [1.82, 2.24) is 0 Å². The molecule has 2 fully saturated rings. The van der Waals surface area contributed by atoms with Crippen LogP contribution in [0, 0.1) is 31.1 Å². The molecule has 2 nitrogen and oxygen atoms in total. The summed E-state index contributed by atoms with van der Waals surface area (Å²) in [6.45, 7) is 11.5. The van der Waals surface area contributed by atoms with Crippen LogP contribution in [0.4, 0.5) is 0 Å². The molecule has 2 bridgehead atoms. The van der Waals surface area contributed by atoms with E-state index in [1.54, 1.807) is 0 Å². The molecule has 1 aliphatic heterocycles. The number of pyridine rings is 1. The van der Waals surface area contributed by atoms with Gasteiger partial charge in [0.2, 0.25) is 11.3 Å². The molecule has 2 heterocycles. The molecule has 2 aliphatic carbocycles. The van der Waals surface area contributed by atoms with E-state index in [-0.39, 0.29) is 5.41 Å². The Bertz CT molecular complexity index is 1570. The molecule has 3 atom stereocenters. The van der Waals surface area contributed by atoms with Crippen LogP contribution < -0.4 is 9.30 Å². The molecule has 0 spiro atoms. The Morgan fingerprint density at radius 3 is 2.53 bits per heavy atom. The van der Waals surface area contributed by atoms with Crippen molar-refractivity contribution in [2.75, 3.05) is 0 Å². The summed E-state index contributed by atoms with van der Waals surface area (Å²) in [6.07, 6.45) is 6.55. The van der Waals surface area contributed by atoms with Crippen LogP contribution in [0.25, 0.3) is 32.9 Å². The minimum Gasteiger partial charge on any atom is -0.449 e. The molecule has 0 saturated heterocycles. The van der Waals surface area contributed by atoms with Crippen LogP contribution in [0.1, 0.15) is 74.6 Å². The van der Waals surface area contributed by atoms with E-state index in [4.69, 9.17) is 4.74 Å². The minimum absolute atomic E-state index is 0.229. The highest BCUT2D eigenvalue weighted by atomic mass is 16.5. The van der Waals surface area contributed by atoms with Crippen molar-refractivity contribution in [3.05, 3.63) is 64.7 Å². The summed E-state index contributed by atoms with van der Waals surface area (Å²) >= 11 is 0. The van der Waals surface area contributed by atoms with Crippen LogP contribution in [0.5, 0.6) is 11.5 Å². The Labute approximate surface area is 215 Å². The number of nitrogens with zero attached hydrogens (tertiary/aromatic N) is 1. The molecule has 0 radical (unpaired) electrons. The van der Waals surface area contributed by atoms with E-state index in [1.165, 1.54) is 80.9 Å². The van der Waals surface area contributed by atoms with Crippen molar-refractivity contribution in [1.29, 1.82) is 0 Å². The fourth-order valence-electron chi connectivity index (χ4n) is 7.87. The highest BCUT2D eigenvalue weighted by molar-refractivity contribution is 6.06. The number of hydrogen-bond donors (Lipinski definition) is 0. The van der Waals surface area contributed by atoms with Crippen LogP contribution in [0.3, 0.4) is 0 Å². The summed E-state index contributed by atoms with van der Waals surface area (Å²) in [6, 6.07) is 16.2. The maximum atomic E-state index is 7.12. The maximum Gasteiger partial charge on any atom is 0.257 e. The third kappa shape index (κ3) is 3.19. The number of ether oxygens (including phenoxy) is 1. The molecule has 3 aromatic carbocycles. The maximum absolute atomic E-state index is 7.12. The highest BCUT2D eigenvalue weighted by Gasteiger charge is 2.45. The first-order valence-electron chi connectivity index (χ1n) is 13.9. The average molecular weight is 477 g/mol. The molecule has 1 aromatic heterocycles. The Morgan fingerprint density at radius 2 is 1.81 bits per heavy atom. The van der Waals surface area contributed by atoms with Crippen molar-refractivity contribution in [2.24, 2.45) is 24.3 Å². The van der Waals surface area contributed by atoms with Gasteiger partial charge in [-0.15, -0.1) is 0 Å². The van der Waals surface area contributed by atoms with E-state index in [2.05, 4.69) is 88.7 Å². The van der Waals surface area contributed by atoms with Gasteiger partial charge in [-0.2, -0.15) is 4.57 Å². The summed E-state index contributed by atoms with van der Waals surface area (Å²) < 4.78 is 9.53. The van der Waals surface area contributed by atoms with Gasteiger partial charge in [-0.25, -0.2) is 0 Å². The predicted octanol–water partition coefficient (Wildman–Crippen LogP) is 8.70. The van der Waals surface area contributed by atoms with Crippen molar-refractivity contribution in [3.8, 4) is 22.8 Å². The lowest BCUT2D eigenvalue weighted by Gasteiger charge is -2.30. The zero-order chi connectivity index (χ0) is 24.9. The fourth-order valence-corrected chi connectivity index (χ4v) is 7.87. The van der Waals surface area contributed by atoms with Gasteiger partial charge in [0.15, 0.2) is 0 Å². The Hall–Kier alpha value is -2.87. The Kier molecular flexibility index (Phi) is 4.70. The smallest absolute Gasteiger partial charge is 0.257 e. The Morgan fingerprint density at radius 1 is 1.00 bits per heavy atom. The number of fused-ring (bicyclic) bond motifs is 5. The van der Waals surface area contributed by atoms with E-state index >= 15 is 0 Å². The lowest BCUT2D eigenvalue weighted by Crippen LogP contribution is -2.35. The van der Waals surface area contributed by atoms with Gasteiger partial charge in [0, 0.05) is 17.0 Å². The first-order valence-corrected chi connectivity index (χ1v) is 13.9. The normalized spacial score (nSPS) is 22.3. The zero-order valence-corrected chi connectivity index (χ0v) is 22.7. The summed E-state index contributed by atoms with van der Waals surface area (Å²) in [4.78, 5) is 0. The topological polar surface area (TPSA) is 13.1 Å². The standard InChI is InChI=1S/C34H38NO/c1-19-13-24-15-22(18-34(3,4)5)17-28-30(24)29(20(19)2)32-33(36-28)31(26-16-21-11-12-23(26)14-21)25-9-7-8-10-27(25)35(32)6/h7-10,13,15,17,21,23,26H,11-12,14,16,18H2,1-6H3/q+1. The molecule has 7 rings (SSSR count). The molecular weight excluding hydrogens is 438 g/mol. The van der Waals surface area contributed by atoms with Crippen LogP contribution in [-0.4, -0.2) is 0 Å². The molecule has 2 heteroatoms. The van der Waals surface area contributed by atoms with Crippen LogP contribution in [-0.2, 0) is 13.5 Å². The number of benzene rings is 3. The number of para-hydroxylation sites is 1. The third-order valence-electron chi connectivity index (χ3n) is 9.42. The van der Waals surface area contributed by atoms with Gasteiger partial charge in [0.25, 0.3) is 5.69 Å². The first kappa shape index (κ1) is 22.3. The van der Waals surface area contributed by atoms with Gasteiger partial charge in [-0.05, 0) is 96.9 Å². The molecule has 3 unspecified atom stereocenters. The van der Waals surface area contributed by atoms with E-state index in [0.29, 0.717) is 5.92 Å². The zero-order valence-electron chi connectivity index (χ0n) is 22.7. The van der Waals surface area contributed by atoms with Crippen molar-refractivity contribution in [2.45, 2.75) is 72.6 Å². The first-order chi connectivity index (χ1) is 17.2. The molecule has 3 aliphatic rings. The van der Waals surface area contributed by atoms with Crippen LogP contribution >= 0.6 is 0 Å². The van der Waals surface area contributed by atoms with E-state index in [9.17, 15) is 0 Å². The SMILES string of the molecule is Cc1cc2cc(CC(C)(C)C)cc3c2c(c1C)-c1c(c(C2CC4CCC2C4)c2ccccc2[n+]1C)O3. The van der Waals surface area contributed by atoms with Crippen molar-refractivity contribution in [3.63, 3.8) is 0 Å². The fraction of sp³-hybridized carbons (Fsp3) is 0.441.